The first-order chi connectivity index (χ1) is 7.56. The van der Waals surface area contributed by atoms with E-state index in [0.29, 0.717) is 10.9 Å². The van der Waals surface area contributed by atoms with Gasteiger partial charge in [0.1, 0.15) is 0 Å². The number of nitrogens with two attached hydrogens (primary N) is 1. The average molecular weight is 244 g/mol. The van der Waals surface area contributed by atoms with Gasteiger partial charge in [-0.25, -0.2) is 0 Å². The van der Waals surface area contributed by atoms with Gasteiger partial charge in [0.2, 0.25) is 0 Å². The highest BCUT2D eigenvalue weighted by Gasteiger charge is 2.35. The number of nitrogens with zero attached hydrogens (tertiary/aromatic N) is 2. The summed E-state index contributed by atoms with van der Waals surface area (Å²) in [5.41, 5.74) is 4.88. The molecule has 0 saturated heterocycles. The van der Waals surface area contributed by atoms with Crippen LogP contribution in [-0.2, 0) is 5.92 Å². The smallest absolute Gasteiger partial charge is 0.304 e. The van der Waals surface area contributed by atoms with E-state index in [-0.39, 0.29) is 5.02 Å². The molecule has 0 amide bonds. The Hall–Kier alpha value is -1.33. The highest BCUT2D eigenvalue weighted by molar-refractivity contribution is 6.35. The molecule has 1 heterocycles. The SMILES string of the molecule is NCC(F)(F)c1nnc2ccccc2c1Cl. The van der Waals surface area contributed by atoms with E-state index in [4.69, 9.17) is 17.3 Å². The molecule has 0 fully saturated rings. The molecule has 0 spiro atoms. The van der Waals surface area contributed by atoms with Gasteiger partial charge in [-0.15, -0.1) is 10.2 Å². The van der Waals surface area contributed by atoms with Crippen LogP contribution in [0.3, 0.4) is 0 Å². The summed E-state index contributed by atoms with van der Waals surface area (Å²) < 4.78 is 26.7. The van der Waals surface area contributed by atoms with Gasteiger partial charge >= 0.3 is 5.92 Å². The van der Waals surface area contributed by atoms with Crippen LogP contribution in [0.15, 0.2) is 24.3 Å². The predicted molar refractivity (Wildman–Crippen MR) is 57.5 cm³/mol. The zero-order valence-corrected chi connectivity index (χ0v) is 8.88. The van der Waals surface area contributed by atoms with Gasteiger partial charge in [0.25, 0.3) is 0 Å². The lowest BCUT2D eigenvalue weighted by Crippen LogP contribution is -2.27. The van der Waals surface area contributed by atoms with Crippen LogP contribution in [0, 0.1) is 0 Å². The molecule has 0 aliphatic rings. The topological polar surface area (TPSA) is 51.8 Å². The molecule has 3 nitrogen and oxygen atoms in total. The number of halogens is 3. The third-order valence-electron chi connectivity index (χ3n) is 2.21. The summed E-state index contributed by atoms with van der Waals surface area (Å²) in [7, 11) is 0. The van der Waals surface area contributed by atoms with Crippen molar-refractivity contribution < 1.29 is 8.78 Å². The molecule has 1 aromatic heterocycles. The number of hydrogen-bond donors (Lipinski definition) is 1. The quantitative estimate of drug-likeness (QED) is 0.881. The fourth-order valence-corrected chi connectivity index (χ4v) is 1.69. The second-order valence-electron chi connectivity index (χ2n) is 3.29. The van der Waals surface area contributed by atoms with Crippen molar-refractivity contribution in [2.75, 3.05) is 6.54 Å². The Morgan fingerprint density at radius 3 is 2.62 bits per heavy atom. The van der Waals surface area contributed by atoms with Crippen LogP contribution in [-0.4, -0.2) is 16.7 Å². The molecule has 0 aliphatic carbocycles. The maximum absolute atomic E-state index is 13.4. The molecule has 0 radical (unpaired) electrons. The van der Waals surface area contributed by atoms with Crippen LogP contribution >= 0.6 is 11.6 Å². The minimum atomic E-state index is -3.26. The standard InChI is InChI=1S/C10H8ClF2N3/c11-8-6-3-1-2-4-7(6)15-16-9(8)10(12,13)5-14/h1-4H,5,14H2. The van der Waals surface area contributed by atoms with Crippen molar-refractivity contribution in [3.8, 4) is 0 Å². The summed E-state index contributed by atoms with van der Waals surface area (Å²) in [4.78, 5) is 0. The van der Waals surface area contributed by atoms with Crippen molar-refractivity contribution in [3.05, 3.63) is 35.0 Å². The van der Waals surface area contributed by atoms with E-state index in [1.807, 2.05) is 0 Å². The number of aromatic nitrogens is 2. The first-order valence-electron chi connectivity index (χ1n) is 4.55. The summed E-state index contributed by atoms with van der Waals surface area (Å²) in [5.74, 6) is -3.26. The fraction of sp³-hybridized carbons (Fsp3) is 0.200. The first-order valence-corrected chi connectivity index (χ1v) is 4.93. The molecule has 0 atom stereocenters. The normalized spacial score (nSPS) is 12.0. The molecule has 16 heavy (non-hydrogen) atoms. The van der Waals surface area contributed by atoms with Crippen LogP contribution in [0.1, 0.15) is 5.69 Å². The zero-order valence-electron chi connectivity index (χ0n) is 8.12. The van der Waals surface area contributed by atoms with Gasteiger partial charge in [0, 0.05) is 5.39 Å². The maximum atomic E-state index is 13.4. The van der Waals surface area contributed by atoms with E-state index in [0.717, 1.165) is 0 Å². The monoisotopic (exact) mass is 243 g/mol. The summed E-state index contributed by atoms with van der Waals surface area (Å²) in [6.07, 6.45) is 0. The van der Waals surface area contributed by atoms with Crippen molar-refractivity contribution in [1.29, 1.82) is 0 Å². The number of fused-ring (bicyclic) bond motifs is 1. The van der Waals surface area contributed by atoms with E-state index >= 15 is 0 Å². The Kier molecular flexibility index (Phi) is 2.73. The van der Waals surface area contributed by atoms with Gasteiger partial charge in [-0.3, -0.25) is 0 Å². The summed E-state index contributed by atoms with van der Waals surface area (Å²) in [5, 5.41) is 7.47. The highest BCUT2D eigenvalue weighted by atomic mass is 35.5. The Balaban J connectivity index is 2.70. The van der Waals surface area contributed by atoms with Crippen LogP contribution in [0.25, 0.3) is 10.9 Å². The Morgan fingerprint density at radius 2 is 1.94 bits per heavy atom. The van der Waals surface area contributed by atoms with Crippen molar-refractivity contribution in [2.45, 2.75) is 5.92 Å². The molecule has 1 aromatic carbocycles. The lowest BCUT2D eigenvalue weighted by Gasteiger charge is -2.14. The number of rotatable bonds is 2. The molecular weight excluding hydrogens is 236 g/mol. The van der Waals surface area contributed by atoms with Gasteiger partial charge in [0.15, 0.2) is 5.69 Å². The van der Waals surface area contributed by atoms with Crippen molar-refractivity contribution in [2.24, 2.45) is 5.73 Å². The summed E-state index contributed by atoms with van der Waals surface area (Å²) in [6, 6.07) is 6.69. The number of hydrogen-bond acceptors (Lipinski definition) is 3. The van der Waals surface area contributed by atoms with Gasteiger partial charge in [0.05, 0.1) is 17.1 Å². The summed E-state index contributed by atoms with van der Waals surface area (Å²) >= 11 is 5.87. The van der Waals surface area contributed by atoms with E-state index in [9.17, 15) is 8.78 Å². The third kappa shape index (κ3) is 1.72. The molecule has 0 saturated carbocycles. The fourth-order valence-electron chi connectivity index (χ4n) is 1.35. The van der Waals surface area contributed by atoms with Crippen LogP contribution in [0.2, 0.25) is 5.02 Å². The maximum Gasteiger partial charge on any atom is 0.304 e. The minimum absolute atomic E-state index is 0.0962. The molecule has 84 valence electrons. The molecule has 0 bridgehead atoms. The lowest BCUT2D eigenvalue weighted by molar-refractivity contribution is 0.000836. The van der Waals surface area contributed by atoms with Crippen molar-refractivity contribution >= 4 is 22.5 Å². The number of alkyl halides is 2. The second-order valence-corrected chi connectivity index (χ2v) is 3.67. The predicted octanol–water partition coefficient (Wildman–Crippen LogP) is 2.33. The van der Waals surface area contributed by atoms with Gasteiger partial charge < -0.3 is 5.73 Å². The molecule has 2 rings (SSSR count). The summed E-state index contributed by atoms with van der Waals surface area (Å²) in [6.45, 7) is -0.847. The molecule has 6 heteroatoms. The highest BCUT2D eigenvalue weighted by Crippen LogP contribution is 2.33. The van der Waals surface area contributed by atoms with Gasteiger partial charge in [-0.2, -0.15) is 8.78 Å². The first kappa shape index (κ1) is 11.2. The van der Waals surface area contributed by atoms with E-state index in [2.05, 4.69) is 10.2 Å². The largest absolute Gasteiger partial charge is 0.325 e. The van der Waals surface area contributed by atoms with Gasteiger partial charge in [-0.05, 0) is 6.07 Å². The molecular formula is C10H8ClF2N3. The Labute approximate surface area is 95.2 Å². The lowest BCUT2D eigenvalue weighted by atomic mass is 10.1. The van der Waals surface area contributed by atoms with Crippen molar-refractivity contribution in [1.82, 2.24) is 10.2 Å². The van der Waals surface area contributed by atoms with E-state index < -0.39 is 18.2 Å². The van der Waals surface area contributed by atoms with E-state index in [1.165, 1.54) is 0 Å². The molecule has 2 N–H and O–H groups in total. The zero-order chi connectivity index (χ0) is 11.8. The van der Waals surface area contributed by atoms with Crippen LogP contribution in [0.5, 0.6) is 0 Å². The average Bonchev–Trinajstić information content (AvgIpc) is 2.29. The molecule has 2 aromatic rings. The second kappa shape index (κ2) is 3.92. The van der Waals surface area contributed by atoms with Crippen LogP contribution in [0.4, 0.5) is 8.78 Å². The van der Waals surface area contributed by atoms with E-state index in [1.54, 1.807) is 24.3 Å². The minimum Gasteiger partial charge on any atom is -0.325 e. The number of benzene rings is 1. The van der Waals surface area contributed by atoms with Crippen LogP contribution < -0.4 is 5.73 Å². The van der Waals surface area contributed by atoms with Crippen molar-refractivity contribution in [3.63, 3.8) is 0 Å². The van der Waals surface area contributed by atoms with Gasteiger partial charge in [-0.1, -0.05) is 29.8 Å². The Bertz CT molecular complexity index is 530. The third-order valence-corrected chi connectivity index (χ3v) is 2.59. The Morgan fingerprint density at radius 1 is 1.25 bits per heavy atom. The molecule has 0 unspecified atom stereocenters. The molecule has 0 aliphatic heterocycles.